The van der Waals surface area contributed by atoms with Crippen molar-refractivity contribution in [2.75, 3.05) is 11.3 Å². The summed E-state index contributed by atoms with van der Waals surface area (Å²) in [6, 6.07) is 25.0. The van der Waals surface area contributed by atoms with E-state index in [1.807, 2.05) is 61.7 Å². The Kier molecular flexibility index (Phi) is 10.4. The maximum absolute atomic E-state index is 13.3. The fourth-order valence-electron chi connectivity index (χ4n) is 7.68. The van der Waals surface area contributed by atoms with Gasteiger partial charge in [-0.15, -0.1) is 21.5 Å². The second kappa shape index (κ2) is 15.7. The van der Waals surface area contributed by atoms with E-state index in [1.54, 1.807) is 47.9 Å². The molecule has 0 aliphatic carbocycles. The number of aromatic nitrogens is 4. The molecule has 0 spiro atoms. The van der Waals surface area contributed by atoms with Crippen LogP contribution >= 0.6 is 11.3 Å². The normalized spacial score (nSPS) is 13.5. The highest BCUT2D eigenvalue weighted by Gasteiger charge is 2.32. The van der Waals surface area contributed by atoms with Gasteiger partial charge in [0.05, 0.1) is 33.8 Å². The zero-order chi connectivity index (χ0) is 42.5. The number of amides is 1. The van der Waals surface area contributed by atoms with E-state index in [0.717, 1.165) is 54.4 Å². The zero-order valence-electron chi connectivity index (χ0n) is 33.4. The number of carboxylic acids is 1. The lowest BCUT2D eigenvalue weighted by Gasteiger charge is -2.13. The maximum Gasteiger partial charge on any atom is 0.306 e. The zero-order valence-corrected chi connectivity index (χ0v) is 35.0. The number of aryl methyl sites for hydroxylation is 4. The average molecular weight is 837 g/mol. The number of benzene rings is 4. The van der Waals surface area contributed by atoms with Crippen LogP contribution in [-0.2, 0) is 21.2 Å². The standard InChI is InChI=1S/C45H40N8O5S2/c1-24-6-17-36(42-39(24)33(22-46)23-48-42)52-60(57,58)34-14-7-29(8-15-34)18-19-47-44(56)32-13-16-35(25(2)20-32)30-9-11-31(12-10-30)41-40-26(3)27(4)59-45(40)53-28(5)50-51-43(53)37(49-41)21-38(54)55/h6-17,20,23,37,48,52H,18-19,21H2,1-5H3,(H,47,56)(H,54,55)/t37-/m0/s1. The number of carbonyl (C=O) groups excluding carboxylic acids is 1. The van der Waals surface area contributed by atoms with Gasteiger partial charge in [0.25, 0.3) is 15.9 Å². The lowest BCUT2D eigenvalue weighted by Crippen LogP contribution is -2.25. The van der Waals surface area contributed by atoms with Crippen LogP contribution in [0.2, 0.25) is 0 Å². The van der Waals surface area contributed by atoms with Crippen molar-refractivity contribution in [1.82, 2.24) is 25.1 Å². The SMILES string of the molecule is Cc1cc(C(=O)NCCc2ccc(S(=O)(=O)Nc3ccc(C)c4c(C#N)c[nH]c34)cc2)ccc1-c1ccc(C2=N[C@@H](CC(=O)O)c3nnc(C)n3-c3sc(C)c(C)c32)cc1. The first-order valence-electron chi connectivity index (χ1n) is 19.2. The number of fused-ring (bicyclic) bond motifs is 4. The molecule has 1 atom stereocenters. The number of thiophene rings is 1. The topological polar surface area (TPSA) is 195 Å². The van der Waals surface area contributed by atoms with Crippen LogP contribution in [0.15, 0.2) is 94.9 Å². The molecule has 1 aliphatic heterocycles. The number of carbonyl (C=O) groups is 2. The molecular weight excluding hydrogens is 797 g/mol. The Labute approximate surface area is 350 Å². The van der Waals surface area contributed by atoms with Crippen molar-refractivity contribution >= 4 is 55.5 Å². The fourth-order valence-corrected chi connectivity index (χ4v) is 9.97. The number of anilines is 1. The highest BCUT2D eigenvalue weighted by molar-refractivity contribution is 7.92. The van der Waals surface area contributed by atoms with Gasteiger partial charge in [0.15, 0.2) is 5.82 Å². The summed E-state index contributed by atoms with van der Waals surface area (Å²) in [6.45, 7) is 10.2. The molecule has 4 heterocycles. The molecule has 0 unspecified atom stereocenters. The molecule has 15 heteroatoms. The van der Waals surface area contributed by atoms with Crippen LogP contribution in [0.5, 0.6) is 0 Å². The van der Waals surface area contributed by atoms with Crippen LogP contribution in [0.25, 0.3) is 27.0 Å². The lowest BCUT2D eigenvalue weighted by atomic mass is 9.94. The molecule has 0 bridgehead atoms. The molecule has 1 amide bonds. The molecule has 4 aromatic carbocycles. The van der Waals surface area contributed by atoms with Crippen LogP contribution in [-0.4, -0.2) is 57.4 Å². The van der Waals surface area contributed by atoms with Gasteiger partial charge >= 0.3 is 5.97 Å². The predicted molar refractivity (Wildman–Crippen MR) is 232 cm³/mol. The highest BCUT2D eigenvalue weighted by atomic mass is 32.2. The molecule has 0 radical (unpaired) electrons. The number of nitrogens with zero attached hydrogens (tertiary/aromatic N) is 5. The van der Waals surface area contributed by atoms with E-state index >= 15 is 0 Å². The van der Waals surface area contributed by atoms with Gasteiger partial charge in [-0.2, -0.15) is 5.26 Å². The number of H-pyrrole nitrogens is 1. The number of aromatic amines is 1. The van der Waals surface area contributed by atoms with Crippen LogP contribution in [0.4, 0.5) is 5.69 Å². The third-order valence-electron chi connectivity index (χ3n) is 10.9. The first-order valence-corrected chi connectivity index (χ1v) is 21.5. The van der Waals surface area contributed by atoms with Crippen molar-refractivity contribution in [2.24, 2.45) is 4.99 Å². The van der Waals surface area contributed by atoms with Crippen molar-refractivity contribution in [3.63, 3.8) is 0 Å². The number of nitriles is 1. The summed E-state index contributed by atoms with van der Waals surface area (Å²) in [5.74, 6) is -0.00876. The predicted octanol–water partition coefficient (Wildman–Crippen LogP) is 8.03. The molecule has 0 saturated carbocycles. The van der Waals surface area contributed by atoms with E-state index < -0.39 is 22.0 Å². The molecule has 60 heavy (non-hydrogen) atoms. The summed E-state index contributed by atoms with van der Waals surface area (Å²) >= 11 is 1.62. The van der Waals surface area contributed by atoms with Crippen LogP contribution in [0, 0.1) is 45.9 Å². The Bertz CT molecular complexity index is 3040. The van der Waals surface area contributed by atoms with Gasteiger partial charge in [-0.1, -0.05) is 48.5 Å². The summed E-state index contributed by atoms with van der Waals surface area (Å²) in [4.78, 5) is 34.4. The second-order valence-electron chi connectivity index (χ2n) is 14.9. The summed E-state index contributed by atoms with van der Waals surface area (Å²) < 4.78 is 31.1. The number of rotatable bonds is 11. The molecule has 8 rings (SSSR count). The number of carboxylic acid groups (broad SMARTS) is 1. The maximum atomic E-state index is 13.3. The summed E-state index contributed by atoms with van der Waals surface area (Å²) in [7, 11) is -3.91. The second-order valence-corrected chi connectivity index (χ2v) is 17.7. The van der Waals surface area contributed by atoms with Crippen molar-refractivity contribution in [3.8, 4) is 22.2 Å². The van der Waals surface area contributed by atoms with Crippen molar-refractivity contribution in [3.05, 3.63) is 146 Å². The molecule has 4 N–H and O–H groups in total. The fraction of sp³-hybridized carbons (Fsp3) is 0.200. The summed E-state index contributed by atoms with van der Waals surface area (Å²) in [5.41, 5.74) is 10.00. The van der Waals surface area contributed by atoms with Crippen LogP contribution in [0.1, 0.15) is 78.3 Å². The van der Waals surface area contributed by atoms with Gasteiger partial charge in [0.1, 0.15) is 22.9 Å². The van der Waals surface area contributed by atoms with Crippen molar-refractivity contribution in [1.29, 1.82) is 5.26 Å². The number of hydrogen-bond donors (Lipinski definition) is 4. The van der Waals surface area contributed by atoms with Crippen LogP contribution < -0.4 is 10.0 Å². The molecular formula is C45H40N8O5S2. The number of nitrogens with one attached hydrogen (secondary N) is 3. The minimum atomic E-state index is -3.91. The van der Waals surface area contributed by atoms with Gasteiger partial charge in [-0.05, 0) is 105 Å². The number of hydrogen-bond acceptors (Lipinski definition) is 9. The molecule has 1 aliphatic rings. The Morgan fingerprint density at radius 3 is 2.37 bits per heavy atom. The molecule has 0 fully saturated rings. The number of sulfonamides is 1. The average Bonchev–Trinajstić information content (AvgIpc) is 3.90. The smallest absolute Gasteiger partial charge is 0.306 e. The van der Waals surface area contributed by atoms with Crippen molar-refractivity contribution in [2.45, 2.75) is 58.4 Å². The van der Waals surface area contributed by atoms with E-state index in [-0.39, 0.29) is 17.2 Å². The largest absolute Gasteiger partial charge is 0.481 e. The van der Waals surface area contributed by atoms with Gasteiger partial charge in [-0.25, -0.2) is 8.42 Å². The molecule has 302 valence electrons. The third kappa shape index (κ3) is 7.35. The Morgan fingerprint density at radius 2 is 1.67 bits per heavy atom. The Hall–Kier alpha value is -6.89. The number of aliphatic imine (C=N–C) groups is 1. The summed E-state index contributed by atoms with van der Waals surface area (Å²) in [5, 5.41) is 32.4. The molecule has 0 saturated heterocycles. The van der Waals surface area contributed by atoms with Gasteiger partial charge in [-0.3, -0.25) is 23.9 Å². The van der Waals surface area contributed by atoms with Gasteiger partial charge in [0.2, 0.25) is 0 Å². The van der Waals surface area contributed by atoms with Crippen LogP contribution in [0.3, 0.4) is 0 Å². The highest BCUT2D eigenvalue weighted by Crippen LogP contribution is 2.40. The molecule has 13 nitrogen and oxygen atoms in total. The minimum Gasteiger partial charge on any atom is -0.481 e. The Morgan fingerprint density at radius 1 is 0.933 bits per heavy atom. The first kappa shape index (κ1) is 39.9. The van der Waals surface area contributed by atoms with E-state index in [9.17, 15) is 28.4 Å². The van der Waals surface area contributed by atoms with E-state index in [1.165, 1.54) is 12.1 Å². The van der Waals surface area contributed by atoms with Crippen molar-refractivity contribution < 1.29 is 23.1 Å². The monoisotopic (exact) mass is 836 g/mol. The molecule has 3 aromatic heterocycles. The third-order valence-corrected chi connectivity index (χ3v) is 13.5. The summed E-state index contributed by atoms with van der Waals surface area (Å²) in [6.07, 6.45) is 1.84. The Balaban J connectivity index is 0.929. The quantitative estimate of drug-likeness (QED) is 0.101. The van der Waals surface area contributed by atoms with Gasteiger partial charge in [0, 0.05) is 39.7 Å². The number of aliphatic carboxylic acids is 1. The van der Waals surface area contributed by atoms with E-state index in [0.29, 0.717) is 58.0 Å². The minimum absolute atomic E-state index is 0.0897. The molecule has 7 aromatic rings. The van der Waals surface area contributed by atoms with Gasteiger partial charge < -0.3 is 15.4 Å². The van der Waals surface area contributed by atoms with E-state index in [2.05, 4.69) is 45.1 Å². The lowest BCUT2D eigenvalue weighted by molar-refractivity contribution is -0.137. The first-order chi connectivity index (χ1) is 28.7. The van der Waals surface area contributed by atoms with E-state index in [4.69, 9.17) is 4.99 Å².